The van der Waals surface area contributed by atoms with E-state index in [2.05, 4.69) is 15.9 Å². The average molecular weight is 368 g/mol. The summed E-state index contributed by atoms with van der Waals surface area (Å²) >= 11 is 3.21. The molecular weight excluding hydrogens is 352 g/mol. The van der Waals surface area contributed by atoms with Crippen molar-refractivity contribution in [3.05, 3.63) is 52.0 Å². The first-order valence-electron chi connectivity index (χ1n) is 6.94. The minimum atomic E-state index is -0.329. The molecule has 22 heavy (non-hydrogen) atoms. The van der Waals surface area contributed by atoms with Crippen molar-refractivity contribution in [1.82, 2.24) is 0 Å². The van der Waals surface area contributed by atoms with Gasteiger partial charge in [-0.05, 0) is 45.8 Å². The zero-order chi connectivity index (χ0) is 16.1. The van der Waals surface area contributed by atoms with Gasteiger partial charge < -0.3 is 9.64 Å². The molecule has 5 heteroatoms. The number of hydrogen-bond donors (Lipinski definition) is 0. The summed E-state index contributed by atoms with van der Waals surface area (Å²) in [4.78, 5) is 1.87. The molecular formula is C17H16BrF2NO. The first kappa shape index (κ1) is 15.3. The minimum Gasteiger partial charge on any atom is -0.497 e. The third-order valence-corrected chi connectivity index (χ3v) is 4.66. The van der Waals surface area contributed by atoms with Crippen LogP contribution in [0.4, 0.5) is 20.2 Å². The van der Waals surface area contributed by atoms with E-state index in [1.54, 1.807) is 25.3 Å². The van der Waals surface area contributed by atoms with Crippen LogP contribution in [0.15, 0.2) is 34.8 Å². The molecule has 1 aliphatic rings. The summed E-state index contributed by atoms with van der Waals surface area (Å²) in [6, 6.07) is 7.87. The van der Waals surface area contributed by atoms with Gasteiger partial charge in [0.15, 0.2) is 0 Å². The van der Waals surface area contributed by atoms with Crippen molar-refractivity contribution in [2.75, 3.05) is 18.6 Å². The zero-order valence-electron chi connectivity index (χ0n) is 12.6. The zero-order valence-corrected chi connectivity index (χ0v) is 14.2. The normalized spacial score (nSPS) is 15.8. The summed E-state index contributed by atoms with van der Waals surface area (Å²) in [6.07, 6.45) is 0. The molecule has 0 bridgehead atoms. The highest BCUT2D eigenvalue weighted by Gasteiger charge is 2.37. The van der Waals surface area contributed by atoms with Gasteiger partial charge in [0, 0.05) is 23.7 Å². The SMILES string of the molecule is COc1ccc(F)c(N2CC(C)(C)c3cc(F)c(Br)cc32)c1. The molecule has 0 aliphatic carbocycles. The maximum absolute atomic E-state index is 14.3. The number of halogens is 3. The first-order chi connectivity index (χ1) is 10.3. The maximum atomic E-state index is 14.3. The summed E-state index contributed by atoms with van der Waals surface area (Å²) in [7, 11) is 1.55. The van der Waals surface area contributed by atoms with Crippen molar-refractivity contribution in [3.8, 4) is 5.75 Å². The second-order valence-electron chi connectivity index (χ2n) is 6.07. The molecule has 2 aromatic rings. The van der Waals surface area contributed by atoms with Gasteiger partial charge in [-0.2, -0.15) is 0 Å². The molecule has 0 saturated heterocycles. The molecule has 1 heterocycles. The largest absolute Gasteiger partial charge is 0.497 e. The number of nitrogens with zero attached hydrogens (tertiary/aromatic N) is 1. The number of anilines is 2. The minimum absolute atomic E-state index is 0.271. The van der Waals surface area contributed by atoms with Gasteiger partial charge in [-0.25, -0.2) is 8.78 Å². The fourth-order valence-electron chi connectivity index (χ4n) is 2.91. The predicted molar refractivity (Wildman–Crippen MR) is 87.1 cm³/mol. The van der Waals surface area contributed by atoms with Crippen LogP contribution in [0.1, 0.15) is 19.4 Å². The second-order valence-corrected chi connectivity index (χ2v) is 6.93. The highest BCUT2D eigenvalue weighted by atomic mass is 79.9. The molecule has 0 aromatic heterocycles. The quantitative estimate of drug-likeness (QED) is 0.726. The van der Waals surface area contributed by atoms with Gasteiger partial charge in [0.05, 0.1) is 17.3 Å². The lowest BCUT2D eigenvalue weighted by atomic mass is 9.87. The van der Waals surface area contributed by atoms with Gasteiger partial charge in [-0.1, -0.05) is 13.8 Å². The molecule has 0 unspecified atom stereocenters. The Morgan fingerprint density at radius 1 is 1.09 bits per heavy atom. The van der Waals surface area contributed by atoms with Crippen molar-refractivity contribution < 1.29 is 13.5 Å². The summed E-state index contributed by atoms with van der Waals surface area (Å²) in [5, 5.41) is 0. The van der Waals surface area contributed by atoms with Crippen molar-refractivity contribution >= 4 is 27.3 Å². The number of benzene rings is 2. The Kier molecular flexibility index (Phi) is 3.63. The second kappa shape index (κ2) is 5.23. The molecule has 116 valence electrons. The van der Waals surface area contributed by atoms with Crippen LogP contribution in [-0.2, 0) is 5.41 Å². The summed E-state index contributed by atoms with van der Waals surface area (Å²) < 4.78 is 33.7. The fourth-order valence-corrected chi connectivity index (χ4v) is 3.24. The van der Waals surface area contributed by atoms with E-state index in [1.807, 2.05) is 18.7 Å². The van der Waals surface area contributed by atoms with E-state index in [0.717, 1.165) is 11.3 Å². The van der Waals surface area contributed by atoms with E-state index >= 15 is 0 Å². The van der Waals surface area contributed by atoms with Gasteiger partial charge in [-0.15, -0.1) is 0 Å². The van der Waals surface area contributed by atoms with Gasteiger partial charge >= 0.3 is 0 Å². The Morgan fingerprint density at radius 2 is 1.82 bits per heavy atom. The number of rotatable bonds is 2. The molecule has 0 fully saturated rings. The van der Waals surface area contributed by atoms with Crippen LogP contribution in [0.25, 0.3) is 0 Å². The molecule has 3 rings (SSSR count). The molecule has 0 spiro atoms. The van der Waals surface area contributed by atoms with Crippen molar-refractivity contribution in [3.63, 3.8) is 0 Å². The number of methoxy groups -OCH3 is 1. The van der Waals surface area contributed by atoms with Gasteiger partial charge in [-0.3, -0.25) is 0 Å². The van der Waals surface area contributed by atoms with E-state index in [-0.39, 0.29) is 17.0 Å². The van der Waals surface area contributed by atoms with Crippen molar-refractivity contribution in [2.45, 2.75) is 19.3 Å². The topological polar surface area (TPSA) is 12.5 Å². The third-order valence-electron chi connectivity index (χ3n) is 4.06. The lowest BCUT2D eigenvalue weighted by Gasteiger charge is -2.23. The molecule has 0 amide bonds. The number of ether oxygens (including phenoxy) is 1. The van der Waals surface area contributed by atoms with E-state index in [4.69, 9.17) is 4.74 Å². The third kappa shape index (κ3) is 2.37. The van der Waals surface area contributed by atoms with Crippen LogP contribution in [-0.4, -0.2) is 13.7 Å². The smallest absolute Gasteiger partial charge is 0.147 e. The highest BCUT2D eigenvalue weighted by Crippen LogP contribution is 2.47. The standard InChI is InChI=1S/C17H16BrF2NO/c1-17(2)9-21(15-8-12(18)14(20)7-11(15)17)16-6-10(22-3)4-5-13(16)19/h4-8H,9H2,1-3H3. The molecule has 0 atom stereocenters. The summed E-state index contributed by atoms with van der Waals surface area (Å²) in [6.45, 7) is 4.62. The van der Waals surface area contributed by atoms with E-state index in [0.29, 0.717) is 22.5 Å². The van der Waals surface area contributed by atoms with E-state index in [1.165, 1.54) is 12.1 Å². The lowest BCUT2D eigenvalue weighted by molar-refractivity contribution is 0.413. The molecule has 2 nitrogen and oxygen atoms in total. The Bertz CT molecular complexity index is 746. The number of fused-ring (bicyclic) bond motifs is 1. The summed E-state index contributed by atoms with van der Waals surface area (Å²) in [5.41, 5.74) is 1.84. The van der Waals surface area contributed by atoms with Crippen LogP contribution < -0.4 is 9.64 Å². The van der Waals surface area contributed by atoms with Crippen LogP contribution in [0.2, 0.25) is 0 Å². The Morgan fingerprint density at radius 3 is 2.50 bits per heavy atom. The monoisotopic (exact) mass is 367 g/mol. The van der Waals surface area contributed by atoms with Crippen molar-refractivity contribution in [1.29, 1.82) is 0 Å². The summed E-state index contributed by atoms with van der Waals surface area (Å²) in [5.74, 6) is -0.0477. The average Bonchev–Trinajstić information content (AvgIpc) is 2.72. The fraction of sp³-hybridized carbons (Fsp3) is 0.294. The molecule has 1 aliphatic heterocycles. The lowest BCUT2D eigenvalue weighted by Crippen LogP contribution is -2.25. The van der Waals surface area contributed by atoms with E-state index in [9.17, 15) is 8.78 Å². The first-order valence-corrected chi connectivity index (χ1v) is 7.73. The maximum Gasteiger partial charge on any atom is 0.147 e. The Balaban J connectivity index is 2.18. The molecule has 2 aromatic carbocycles. The van der Waals surface area contributed by atoms with Crippen LogP contribution in [0.5, 0.6) is 5.75 Å². The van der Waals surface area contributed by atoms with E-state index < -0.39 is 0 Å². The predicted octanol–water partition coefficient (Wildman–Crippen LogP) is 5.17. The van der Waals surface area contributed by atoms with Gasteiger partial charge in [0.1, 0.15) is 17.4 Å². The molecule has 0 radical (unpaired) electrons. The van der Waals surface area contributed by atoms with Crippen LogP contribution >= 0.6 is 15.9 Å². The van der Waals surface area contributed by atoms with Crippen LogP contribution in [0, 0.1) is 11.6 Å². The highest BCUT2D eigenvalue weighted by molar-refractivity contribution is 9.10. The Hall–Kier alpha value is -1.62. The van der Waals surface area contributed by atoms with Crippen molar-refractivity contribution in [2.24, 2.45) is 0 Å². The van der Waals surface area contributed by atoms with Gasteiger partial charge in [0.25, 0.3) is 0 Å². The number of hydrogen-bond acceptors (Lipinski definition) is 2. The van der Waals surface area contributed by atoms with Gasteiger partial charge in [0.2, 0.25) is 0 Å². The molecule has 0 saturated carbocycles. The Labute approximate surface area is 136 Å². The molecule has 0 N–H and O–H groups in total. The van der Waals surface area contributed by atoms with Crippen LogP contribution in [0.3, 0.4) is 0 Å².